The summed E-state index contributed by atoms with van der Waals surface area (Å²) in [6.07, 6.45) is 5.52. The quantitative estimate of drug-likeness (QED) is 0.829. The number of nitrogens with one attached hydrogen (secondary N) is 1. The fourth-order valence-corrected chi connectivity index (χ4v) is 1.88. The second-order valence-electron chi connectivity index (χ2n) is 3.80. The summed E-state index contributed by atoms with van der Waals surface area (Å²) in [6.45, 7) is 3.00. The van der Waals surface area contributed by atoms with Crippen LogP contribution in [0.1, 0.15) is 24.4 Å². The first kappa shape index (κ1) is 10.9. The molecule has 0 saturated carbocycles. The summed E-state index contributed by atoms with van der Waals surface area (Å²) in [7, 11) is 3.96. The highest BCUT2D eigenvalue weighted by atomic mass is 15.3. The van der Waals surface area contributed by atoms with Crippen LogP contribution in [0.15, 0.2) is 24.8 Å². The summed E-state index contributed by atoms with van der Waals surface area (Å²) in [4.78, 5) is 4.16. The SMILES string of the molecule is CCNC(c1cncn1C)c1ccnn1C. The molecule has 2 aromatic heterocycles. The van der Waals surface area contributed by atoms with E-state index in [0.717, 1.165) is 17.9 Å². The third-order valence-corrected chi connectivity index (χ3v) is 2.71. The van der Waals surface area contributed by atoms with E-state index in [4.69, 9.17) is 0 Å². The normalized spacial score (nSPS) is 12.9. The molecule has 0 aromatic carbocycles. The van der Waals surface area contributed by atoms with Gasteiger partial charge in [0.2, 0.25) is 0 Å². The molecule has 86 valence electrons. The van der Waals surface area contributed by atoms with E-state index in [9.17, 15) is 0 Å². The van der Waals surface area contributed by atoms with Crippen LogP contribution >= 0.6 is 0 Å². The molecular formula is C11H17N5. The van der Waals surface area contributed by atoms with Gasteiger partial charge in [0.15, 0.2) is 0 Å². The maximum absolute atomic E-state index is 4.21. The molecule has 1 N–H and O–H groups in total. The molecule has 0 saturated heterocycles. The molecule has 16 heavy (non-hydrogen) atoms. The number of aryl methyl sites for hydroxylation is 2. The number of aromatic nitrogens is 4. The predicted octanol–water partition coefficient (Wildman–Crippen LogP) is 0.852. The summed E-state index contributed by atoms with van der Waals surface area (Å²) in [5.74, 6) is 0. The maximum atomic E-state index is 4.21. The van der Waals surface area contributed by atoms with Crippen molar-refractivity contribution in [2.24, 2.45) is 14.1 Å². The van der Waals surface area contributed by atoms with Crippen molar-refractivity contribution >= 4 is 0 Å². The van der Waals surface area contributed by atoms with E-state index in [0.29, 0.717) is 0 Å². The van der Waals surface area contributed by atoms with Gasteiger partial charge in [0.1, 0.15) is 0 Å². The van der Waals surface area contributed by atoms with Crippen molar-refractivity contribution in [3.8, 4) is 0 Å². The van der Waals surface area contributed by atoms with Crippen LogP contribution in [0.5, 0.6) is 0 Å². The Balaban J connectivity index is 2.39. The number of hydrogen-bond acceptors (Lipinski definition) is 3. The molecule has 2 heterocycles. The van der Waals surface area contributed by atoms with Crippen LogP contribution in [0.4, 0.5) is 0 Å². The Morgan fingerprint density at radius 3 is 2.69 bits per heavy atom. The zero-order valence-corrected chi connectivity index (χ0v) is 9.88. The summed E-state index contributed by atoms with van der Waals surface area (Å²) in [5, 5.41) is 7.65. The summed E-state index contributed by atoms with van der Waals surface area (Å²) >= 11 is 0. The van der Waals surface area contributed by atoms with E-state index in [1.165, 1.54) is 0 Å². The molecule has 0 radical (unpaired) electrons. The minimum Gasteiger partial charge on any atom is -0.336 e. The topological polar surface area (TPSA) is 47.7 Å². The first-order valence-electron chi connectivity index (χ1n) is 5.41. The van der Waals surface area contributed by atoms with Crippen LogP contribution in [-0.4, -0.2) is 25.9 Å². The third kappa shape index (κ3) is 1.86. The fraction of sp³-hybridized carbons (Fsp3) is 0.455. The molecule has 5 nitrogen and oxygen atoms in total. The highest BCUT2D eigenvalue weighted by Gasteiger charge is 2.18. The van der Waals surface area contributed by atoms with Crippen molar-refractivity contribution in [2.45, 2.75) is 13.0 Å². The molecule has 5 heteroatoms. The van der Waals surface area contributed by atoms with Gasteiger partial charge in [-0.3, -0.25) is 4.68 Å². The van der Waals surface area contributed by atoms with Gasteiger partial charge in [-0.25, -0.2) is 4.98 Å². The monoisotopic (exact) mass is 219 g/mol. The predicted molar refractivity (Wildman–Crippen MR) is 61.9 cm³/mol. The van der Waals surface area contributed by atoms with E-state index < -0.39 is 0 Å². The molecule has 0 amide bonds. The molecule has 1 unspecified atom stereocenters. The molecule has 0 aliphatic carbocycles. The minimum absolute atomic E-state index is 0.144. The van der Waals surface area contributed by atoms with E-state index in [1.807, 2.05) is 48.1 Å². The van der Waals surface area contributed by atoms with Crippen LogP contribution in [0.3, 0.4) is 0 Å². The summed E-state index contributed by atoms with van der Waals surface area (Å²) in [5.41, 5.74) is 2.29. The van der Waals surface area contributed by atoms with Crippen LogP contribution in [-0.2, 0) is 14.1 Å². The molecule has 0 aliphatic rings. The number of imidazole rings is 1. The number of rotatable bonds is 4. The zero-order chi connectivity index (χ0) is 11.5. The Bertz CT molecular complexity index is 416. The summed E-state index contributed by atoms with van der Waals surface area (Å²) in [6, 6.07) is 2.17. The second-order valence-corrected chi connectivity index (χ2v) is 3.80. The molecule has 1 atom stereocenters. The maximum Gasteiger partial charge on any atom is 0.0946 e. The van der Waals surface area contributed by atoms with Gasteiger partial charge in [-0.1, -0.05) is 6.92 Å². The van der Waals surface area contributed by atoms with E-state index >= 15 is 0 Å². The lowest BCUT2D eigenvalue weighted by molar-refractivity contribution is 0.547. The number of hydrogen-bond donors (Lipinski definition) is 1. The Kier molecular flexibility index (Phi) is 3.05. The summed E-state index contributed by atoms with van der Waals surface area (Å²) < 4.78 is 3.92. The molecule has 2 aromatic rings. The smallest absolute Gasteiger partial charge is 0.0946 e. The Labute approximate surface area is 95.1 Å². The second kappa shape index (κ2) is 4.49. The van der Waals surface area contributed by atoms with Crippen molar-refractivity contribution < 1.29 is 0 Å². The molecule has 2 rings (SSSR count). The molecule has 0 aliphatic heterocycles. The average Bonchev–Trinajstić information content (AvgIpc) is 2.84. The lowest BCUT2D eigenvalue weighted by Crippen LogP contribution is -2.25. The van der Waals surface area contributed by atoms with Crippen molar-refractivity contribution in [3.63, 3.8) is 0 Å². The van der Waals surface area contributed by atoms with Crippen molar-refractivity contribution in [3.05, 3.63) is 36.2 Å². The van der Waals surface area contributed by atoms with Crippen LogP contribution in [0.2, 0.25) is 0 Å². The van der Waals surface area contributed by atoms with Gasteiger partial charge in [0.05, 0.1) is 30.0 Å². The van der Waals surface area contributed by atoms with E-state index in [2.05, 4.69) is 22.3 Å². The highest BCUT2D eigenvalue weighted by molar-refractivity contribution is 5.20. The Hall–Kier alpha value is -1.62. The minimum atomic E-state index is 0.144. The van der Waals surface area contributed by atoms with Gasteiger partial charge in [0, 0.05) is 20.3 Å². The molecule has 0 spiro atoms. The van der Waals surface area contributed by atoms with Crippen molar-refractivity contribution in [2.75, 3.05) is 6.54 Å². The third-order valence-electron chi connectivity index (χ3n) is 2.71. The lowest BCUT2D eigenvalue weighted by atomic mass is 10.1. The van der Waals surface area contributed by atoms with Gasteiger partial charge < -0.3 is 9.88 Å². The van der Waals surface area contributed by atoms with Crippen molar-refractivity contribution in [1.29, 1.82) is 0 Å². The van der Waals surface area contributed by atoms with Crippen LogP contribution in [0.25, 0.3) is 0 Å². The first-order chi connectivity index (χ1) is 7.74. The van der Waals surface area contributed by atoms with Crippen LogP contribution in [0, 0.1) is 0 Å². The lowest BCUT2D eigenvalue weighted by Gasteiger charge is -2.18. The first-order valence-corrected chi connectivity index (χ1v) is 5.41. The van der Waals surface area contributed by atoms with E-state index in [-0.39, 0.29) is 6.04 Å². The van der Waals surface area contributed by atoms with Crippen LogP contribution < -0.4 is 5.32 Å². The zero-order valence-electron chi connectivity index (χ0n) is 9.88. The Morgan fingerprint density at radius 2 is 2.19 bits per heavy atom. The number of nitrogens with zero attached hydrogens (tertiary/aromatic N) is 4. The molecular weight excluding hydrogens is 202 g/mol. The molecule has 0 fully saturated rings. The van der Waals surface area contributed by atoms with Gasteiger partial charge in [-0.05, 0) is 12.6 Å². The van der Waals surface area contributed by atoms with Gasteiger partial charge >= 0.3 is 0 Å². The van der Waals surface area contributed by atoms with Gasteiger partial charge in [-0.2, -0.15) is 5.10 Å². The van der Waals surface area contributed by atoms with Gasteiger partial charge in [0.25, 0.3) is 0 Å². The standard InChI is InChI=1S/C11H17N5/c1-4-13-11(9-5-6-14-16(9)3)10-7-12-8-15(10)2/h5-8,11,13H,4H2,1-3H3. The Morgan fingerprint density at radius 1 is 1.38 bits per heavy atom. The highest BCUT2D eigenvalue weighted by Crippen LogP contribution is 2.20. The fourth-order valence-electron chi connectivity index (χ4n) is 1.88. The molecule has 0 bridgehead atoms. The van der Waals surface area contributed by atoms with Gasteiger partial charge in [-0.15, -0.1) is 0 Å². The average molecular weight is 219 g/mol. The van der Waals surface area contributed by atoms with E-state index in [1.54, 1.807) is 0 Å². The van der Waals surface area contributed by atoms with Crippen molar-refractivity contribution in [1.82, 2.24) is 24.6 Å². The largest absolute Gasteiger partial charge is 0.336 e.